The van der Waals surface area contributed by atoms with Crippen LogP contribution in [0.1, 0.15) is 35.2 Å². The van der Waals surface area contributed by atoms with E-state index in [1.807, 2.05) is 66.7 Å². The van der Waals surface area contributed by atoms with Crippen LogP contribution in [0.3, 0.4) is 0 Å². The Labute approximate surface area is 170 Å². The van der Waals surface area contributed by atoms with E-state index in [0.29, 0.717) is 6.42 Å². The lowest BCUT2D eigenvalue weighted by Gasteiger charge is -2.34. The van der Waals surface area contributed by atoms with Gasteiger partial charge in [0.05, 0.1) is 19.2 Å². The number of carbonyl (C=O) groups excluding carboxylic acids is 1. The Kier molecular flexibility index (Phi) is 5.66. The molecular formula is C24H24N2O3. The van der Waals surface area contributed by atoms with Gasteiger partial charge >= 0.3 is 6.09 Å². The number of rotatable bonds is 5. The van der Waals surface area contributed by atoms with Crippen molar-refractivity contribution in [1.82, 2.24) is 5.32 Å². The largest absolute Gasteiger partial charge is 0.497 e. The third-order valence-corrected chi connectivity index (χ3v) is 5.14. The minimum Gasteiger partial charge on any atom is -0.497 e. The van der Waals surface area contributed by atoms with Crippen molar-refractivity contribution in [2.24, 2.45) is 0 Å². The lowest BCUT2D eigenvalue weighted by Crippen LogP contribution is -2.34. The Balaban J connectivity index is 1.52. The first-order valence-electron chi connectivity index (χ1n) is 9.69. The van der Waals surface area contributed by atoms with Gasteiger partial charge in [0.15, 0.2) is 0 Å². The second kappa shape index (κ2) is 8.69. The van der Waals surface area contributed by atoms with Crippen molar-refractivity contribution in [2.45, 2.75) is 25.1 Å². The van der Waals surface area contributed by atoms with Gasteiger partial charge in [0.25, 0.3) is 0 Å². The summed E-state index contributed by atoms with van der Waals surface area (Å²) in [5.41, 5.74) is 4.11. The van der Waals surface area contributed by atoms with Crippen molar-refractivity contribution in [2.75, 3.05) is 12.4 Å². The molecule has 0 radical (unpaired) electrons. The molecular weight excluding hydrogens is 364 g/mol. The van der Waals surface area contributed by atoms with Gasteiger partial charge in [-0.15, -0.1) is 0 Å². The van der Waals surface area contributed by atoms with Crippen LogP contribution in [-0.4, -0.2) is 13.2 Å². The first kappa shape index (κ1) is 18.9. The Morgan fingerprint density at radius 1 is 1.03 bits per heavy atom. The summed E-state index contributed by atoms with van der Waals surface area (Å²) in [5, 5.41) is 6.62. The maximum absolute atomic E-state index is 12.5. The van der Waals surface area contributed by atoms with Gasteiger partial charge in [0.1, 0.15) is 12.4 Å². The van der Waals surface area contributed by atoms with Gasteiger partial charge in [-0.2, -0.15) is 0 Å². The van der Waals surface area contributed by atoms with Crippen LogP contribution in [0.15, 0.2) is 78.9 Å². The standard InChI is InChI=1S/C24H24N2O3/c1-28-19-12-13-21-20(14-19)23(15-22(25-21)18-10-6-3-7-11-18)26-24(27)29-16-17-8-4-2-5-9-17/h2-14,22-23,25H,15-16H2,1H3,(H,26,27)/t22-,23-/m0/s1. The minimum absolute atomic E-state index is 0.0940. The Hall–Kier alpha value is -3.47. The number of anilines is 1. The predicted octanol–water partition coefficient (Wildman–Crippen LogP) is 5.22. The fraction of sp³-hybridized carbons (Fsp3) is 0.208. The smallest absolute Gasteiger partial charge is 0.407 e. The van der Waals surface area contributed by atoms with Crippen LogP contribution in [0, 0.1) is 0 Å². The fourth-order valence-electron chi connectivity index (χ4n) is 3.65. The van der Waals surface area contributed by atoms with Gasteiger partial charge in [-0.05, 0) is 35.7 Å². The highest BCUT2D eigenvalue weighted by atomic mass is 16.5. The molecule has 3 aromatic rings. The molecule has 0 fully saturated rings. The molecule has 0 saturated heterocycles. The van der Waals surface area contributed by atoms with Crippen LogP contribution in [-0.2, 0) is 11.3 Å². The number of amides is 1. The topological polar surface area (TPSA) is 59.6 Å². The zero-order chi connectivity index (χ0) is 20.1. The molecule has 29 heavy (non-hydrogen) atoms. The van der Waals surface area contributed by atoms with E-state index in [9.17, 15) is 4.79 Å². The van der Waals surface area contributed by atoms with E-state index >= 15 is 0 Å². The Morgan fingerprint density at radius 2 is 1.76 bits per heavy atom. The average Bonchev–Trinajstić information content (AvgIpc) is 2.78. The van der Waals surface area contributed by atoms with Crippen molar-refractivity contribution < 1.29 is 14.3 Å². The molecule has 4 rings (SSSR count). The van der Waals surface area contributed by atoms with E-state index < -0.39 is 6.09 Å². The Bertz CT molecular complexity index is 960. The third kappa shape index (κ3) is 4.51. The number of benzene rings is 3. The van der Waals surface area contributed by atoms with Crippen LogP contribution in [0.2, 0.25) is 0 Å². The number of alkyl carbamates (subject to hydrolysis) is 1. The maximum Gasteiger partial charge on any atom is 0.407 e. The number of hydrogen-bond donors (Lipinski definition) is 2. The second-order valence-electron chi connectivity index (χ2n) is 7.06. The lowest BCUT2D eigenvalue weighted by atomic mass is 9.89. The van der Waals surface area contributed by atoms with E-state index in [4.69, 9.17) is 9.47 Å². The SMILES string of the molecule is COc1ccc2c(c1)[C@@H](NC(=O)OCc1ccccc1)C[C@@H](c1ccccc1)N2. The van der Waals surface area contributed by atoms with E-state index in [1.54, 1.807) is 7.11 Å². The predicted molar refractivity (Wildman–Crippen MR) is 113 cm³/mol. The lowest BCUT2D eigenvalue weighted by molar-refractivity contribution is 0.134. The van der Waals surface area contributed by atoms with Crippen LogP contribution < -0.4 is 15.4 Å². The number of carbonyl (C=O) groups is 1. The summed E-state index contributed by atoms with van der Waals surface area (Å²) in [5.74, 6) is 0.758. The molecule has 1 heterocycles. The molecule has 0 saturated carbocycles. The molecule has 3 aromatic carbocycles. The highest BCUT2D eigenvalue weighted by molar-refractivity contribution is 5.70. The van der Waals surface area contributed by atoms with E-state index in [0.717, 1.165) is 22.6 Å². The third-order valence-electron chi connectivity index (χ3n) is 5.14. The molecule has 2 atom stereocenters. The molecule has 0 unspecified atom stereocenters. The zero-order valence-corrected chi connectivity index (χ0v) is 16.3. The van der Waals surface area contributed by atoms with Crippen LogP contribution in [0.5, 0.6) is 5.75 Å². The quantitative estimate of drug-likeness (QED) is 0.629. The molecule has 1 aliphatic heterocycles. The summed E-state index contributed by atoms with van der Waals surface area (Å²) >= 11 is 0. The van der Waals surface area contributed by atoms with Crippen molar-refractivity contribution in [3.63, 3.8) is 0 Å². The average molecular weight is 388 g/mol. The van der Waals surface area contributed by atoms with Crippen molar-refractivity contribution >= 4 is 11.8 Å². The molecule has 5 heteroatoms. The highest BCUT2D eigenvalue weighted by Crippen LogP contribution is 2.40. The maximum atomic E-state index is 12.5. The number of methoxy groups -OCH3 is 1. The molecule has 0 spiro atoms. The minimum atomic E-state index is -0.429. The Morgan fingerprint density at radius 3 is 2.48 bits per heavy atom. The molecule has 1 amide bonds. The van der Waals surface area contributed by atoms with Gasteiger partial charge in [0.2, 0.25) is 0 Å². The van der Waals surface area contributed by atoms with Crippen molar-refractivity contribution in [3.05, 3.63) is 95.6 Å². The first-order chi connectivity index (χ1) is 14.2. The van der Waals surface area contributed by atoms with Gasteiger partial charge < -0.3 is 20.1 Å². The van der Waals surface area contributed by atoms with Gasteiger partial charge in [-0.25, -0.2) is 4.79 Å². The summed E-state index contributed by atoms with van der Waals surface area (Å²) in [6.07, 6.45) is 0.284. The number of fused-ring (bicyclic) bond motifs is 1. The number of ether oxygens (including phenoxy) is 2. The van der Waals surface area contributed by atoms with Gasteiger partial charge in [0, 0.05) is 11.3 Å². The second-order valence-corrected chi connectivity index (χ2v) is 7.06. The van der Waals surface area contributed by atoms with E-state index in [1.165, 1.54) is 5.56 Å². The summed E-state index contributed by atoms with van der Waals surface area (Å²) < 4.78 is 10.8. The van der Waals surface area contributed by atoms with Crippen molar-refractivity contribution in [1.29, 1.82) is 0 Å². The molecule has 2 N–H and O–H groups in total. The summed E-state index contributed by atoms with van der Waals surface area (Å²) in [7, 11) is 1.64. The monoisotopic (exact) mass is 388 g/mol. The van der Waals surface area contributed by atoms with Crippen LogP contribution in [0.4, 0.5) is 10.5 Å². The first-order valence-corrected chi connectivity index (χ1v) is 9.69. The van der Waals surface area contributed by atoms with Crippen LogP contribution >= 0.6 is 0 Å². The molecule has 148 valence electrons. The molecule has 0 bridgehead atoms. The highest BCUT2D eigenvalue weighted by Gasteiger charge is 2.29. The summed E-state index contributed by atoms with van der Waals surface area (Å²) in [6.45, 7) is 0.241. The normalized spacial score (nSPS) is 17.6. The molecule has 5 nitrogen and oxygen atoms in total. The molecule has 0 aliphatic carbocycles. The summed E-state index contributed by atoms with van der Waals surface area (Å²) in [4.78, 5) is 12.5. The van der Waals surface area contributed by atoms with Crippen molar-refractivity contribution in [3.8, 4) is 5.75 Å². The summed E-state index contributed by atoms with van der Waals surface area (Å²) in [6, 6.07) is 25.7. The fourth-order valence-corrected chi connectivity index (χ4v) is 3.65. The zero-order valence-electron chi connectivity index (χ0n) is 16.3. The van der Waals surface area contributed by atoms with Gasteiger partial charge in [-0.3, -0.25) is 0 Å². The number of nitrogens with one attached hydrogen (secondary N) is 2. The van der Waals surface area contributed by atoms with E-state index in [2.05, 4.69) is 22.8 Å². The molecule has 1 aliphatic rings. The number of hydrogen-bond acceptors (Lipinski definition) is 4. The van der Waals surface area contributed by atoms with Gasteiger partial charge in [-0.1, -0.05) is 60.7 Å². The van der Waals surface area contributed by atoms with E-state index in [-0.39, 0.29) is 18.7 Å². The molecule has 0 aromatic heterocycles. The van der Waals surface area contributed by atoms with Crippen LogP contribution in [0.25, 0.3) is 0 Å².